The predicted octanol–water partition coefficient (Wildman–Crippen LogP) is 1.65. The molecule has 0 radical (unpaired) electrons. The predicted molar refractivity (Wildman–Crippen MR) is 62.3 cm³/mol. The largest absolute Gasteiger partial charge is 0.441 e. The fourth-order valence-electron chi connectivity index (χ4n) is 1.63. The first-order chi connectivity index (χ1) is 7.72. The Kier molecular flexibility index (Phi) is 3.22. The maximum absolute atomic E-state index is 5.61. The van der Waals surface area contributed by atoms with Gasteiger partial charge in [-0.15, -0.1) is 0 Å². The van der Waals surface area contributed by atoms with Crippen LogP contribution in [-0.4, -0.2) is 24.7 Å². The molecule has 0 saturated carbocycles. The number of oxazole rings is 1. The molecule has 1 atom stereocenters. The highest BCUT2D eigenvalue weighted by Gasteiger charge is 2.12. The fraction of sp³-hybridized carbons (Fsp3) is 0.417. The topological polar surface area (TPSA) is 61.3 Å². The van der Waals surface area contributed by atoms with Crippen molar-refractivity contribution in [2.45, 2.75) is 19.4 Å². The SMILES string of the molecule is COC(CN)Cc1nc2cc(C)ccc2o1. The maximum Gasteiger partial charge on any atom is 0.198 e. The molecular formula is C12H16N2O2. The van der Waals surface area contributed by atoms with E-state index in [1.54, 1.807) is 7.11 Å². The number of fused-ring (bicyclic) bond motifs is 1. The lowest BCUT2D eigenvalue weighted by molar-refractivity contribution is 0.104. The summed E-state index contributed by atoms with van der Waals surface area (Å²) in [6.07, 6.45) is 0.579. The Bertz CT molecular complexity index is 475. The second-order valence-electron chi connectivity index (χ2n) is 3.88. The lowest BCUT2D eigenvalue weighted by Gasteiger charge is -2.09. The second-order valence-corrected chi connectivity index (χ2v) is 3.88. The molecule has 4 nitrogen and oxygen atoms in total. The quantitative estimate of drug-likeness (QED) is 0.851. The average molecular weight is 220 g/mol. The van der Waals surface area contributed by atoms with Crippen LogP contribution in [-0.2, 0) is 11.2 Å². The number of hydrogen-bond acceptors (Lipinski definition) is 4. The molecule has 1 aromatic heterocycles. The van der Waals surface area contributed by atoms with E-state index in [2.05, 4.69) is 4.98 Å². The van der Waals surface area contributed by atoms with Crippen molar-refractivity contribution in [3.05, 3.63) is 29.7 Å². The molecule has 0 bridgehead atoms. The van der Waals surface area contributed by atoms with Gasteiger partial charge in [-0.2, -0.15) is 0 Å². The Hall–Kier alpha value is -1.39. The lowest BCUT2D eigenvalue weighted by atomic mass is 10.2. The third-order valence-electron chi connectivity index (χ3n) is 2.59. The monoisotopic (exact) mass is 220 g/mol. The van der Waals surface area contributed by atoms with Gasteiger partial charge in [0.2, 0.25) is 0 Å². The van der Waals surface area contributed by atoms with Crippen molar-refractivity contribution in [1.82, 2.24) is 4.98 Å². The average Bonchev–Trinajstić information content (AvgIpc) is 2.67. The van der Waals surface area contributed by atoms with Gasteiger partial charge in [0.1, 0.15) is 5.52 Å². The number of aryl methyl sites for hydroxylation is 1. The van der Waals surface area contributed by atoms with Gasteiger partial charge in [-0.3, -0.25) is 0 Å². The van der Waals surface area contributed by atoms with Gasteiger partial charge in [0, 0.05) is 13.7 Å². The molecule has 1 heterocycles. The van der Waals surface area contributed by atoms with Gasteiger partial charge in [0.25, 0.3) is 0 Å². The van der Waals surface area contributed by atoms with E-state index in [-0.39, 0.29) is 6.10 Å². The molecule has 4 heteroatoms. The summed E-state index contributed by atoms with van der Waals surface area (Å²) in [5.74, 6) is 0.679. The molecule has 2 N–H and O–H groups in total. The molecule has 0 amide bonds. The van der Waals surface area contributed by atoms with Crippen LogP contribution in [0.2, 0.25) is 0 Å². The van der Waals surface area contributed by atoms with E-state index in [0.29, 0.717) is 18.9 Å². The summed E-state index contributed by atoms with van der Waals surface area (Å²) in [6.45, 7) is 2.50. The summed E-state index contributed by atoms with van der Waals surface area (Å²) >= 11 is 0. The van der Waals surface area contributed by atoms with Crippen LogP contribution >= 0.6 is 0 Å². The minimum absolute atomic E-state index is 0.0332. The number of nitrogens with two attached hydrogens (primary N) is 1. The Labute approximate surface area is 94.4 Å². The third-order valence-corrected chi connectivity index (χ3v) is 2.59. The molecule has 2 rings (SSSR count). The summed E-state index contributed by atoms with van der Waals surface area (Å²) in [5.41, 5.74) is 8.43. The second kappa shape index (κ2) is 4.63. The van der Waals surface area contributed by atoms with E-state index in [0.717, 1.165) is 11.1 Å². The van der Waals surface area contributed by atoms with E-state index in [4.69, 9.17) is 14.9 Å². The summed E-state index contributed by atoms with van der Waals surface area (Å²) in [5, 5.41) is 0. The van der Waals surface area contributed by atoms with Crippen LogP contribution in [0.15, 0.2) is 22.6 Å². The van der Waals surface area contributed by atoms with Crippen molar-refractivity contribution in [2.75, 3.05) is 13.7 Å². The first-order valence-corrected chi connectivity index (χ1v) is 5.32. The van der Waals surface area contributed by atoms with Gasteiger partial charge < -0.3 is 14.9 Å². The Balaban J connectivity index is 2.25. The zero-order valence-electron chi connectivity index (χ0n) is 9.56. The van der Waals surface area contributed by atoms with E-state index in [9.17, 15) is 0 Å². The highest BCUT2D eigenvalue weighted by Crippen LogP contribution is 2.17. The molecule has 1 unspecified atom stereocenters. The van der Waals surface area contributed by atoms with Gasteiger partial charge in [0.15, 0.2) is 11.5 Å². The van der Waals surface area contributed by atoms with Crippen LogP contribution < -0.4 is 5.73 Å². The number of benzene rings is 1. The fourth-order valence-corrected chi connectivity index (χ4v) is 1.63. The number of methoxy groups -OCH3 is 1. The first kappa shape index (κ1) is 11.1. The van der Waals surface area contributed by atoms with Gasteiger partial charge >= 0.3 is 0 Å². The summed E-state index contributed by atoms with van der Waals surface area (Å²) < 4.78 is 10.8. The number of hydrogen-bond donors (Lipinski definition) is 1. The van der Waals surface area contributed by atoms with E-state index in [1.165, 1.54) is 5.56 Å². The lowest BCUT2D eigenvalue weighted by Crippen LogP contribution is -2.24. The van der Waals surface area contributed by atoms with E-state index < -0.39 is 0 Å². The number of ether oxygens (including phenoxy) is 1. The standard InChI is InChI=1S/C12H16N2O2/c1-8-3-4-11-10(5-8)14-12(16-11)6-9(7-13)15-2/h3-5,9H,6-7,13H2,1-2H3. The Morgan fingerprint density at radius 2 is 2.31 bits per heavy atom. The molecule has 1 aromatic carbocycles. The van der Waals surface area contributed by atoms with E-state index in [1.807, 2.05) is 25.1 Å². The zero-order chi connectivity index (χ0) is 11.5. The van der Waals surface area contributed by atoms with E-state index >= 15 is 0 Å². The van der Waals surface area contributed by atoms with Crippen LogP contribution in [0.5, 0.6) is 0 Å². The molecule has 0 fully saturated rings. The molecule has 2 aromatic rings. The number of nitrogens with zero attached hydrogens (tertiary/aromatic N) is 1. The van der Waals surface area contributed by atoms with Crippen LogP contribution in [0.3, 0.4) is 0 Å². The molecular weight excluding hydrogens is 204 g/mol. The van der Waals surface area contributed by atoms with Crippen LogP contribution in [0, 0.1) is 6.92 Å². The van der Waals surface area contributed by atoms with Gasteiger partial charge in [-0.1, -0.05) is 6.07 Å². The third kappa shape index (κ3) is 2.23. The molecule has 0 spiro atoms. The Morgan fingerprint density at radius 3 is 3.00 bits per heavy atom. The van der Waals surface area contributed by atoms with Crippen molar-refractivity contribution in [3.63, 3.8) is 0 Å². The van der Waals surface area contributed by atoms with Crippen molar-refractivity contribution in [2.24, 2.45) is 5.73 Å². The van der Waals surface area contributed by atoms with Crippen molar-refractivity contribution in [1.29, 1.82) is 0 Å². The van der Waals surface area contributed by atoms with Crippen LogP contribution in [0.4, 0.5) is 0 Å². The first-order valence-electron chi connectivity index (χ1n) is 5.32. The molecule has 86 valence electrons. The number of aromatic nitrogens is 1. The molecule has 16 heavy (non-hydrogen) atoms. The minimum Gasteiger partial charge on any atom is -0.441 e. The highest BCUT2D eigenvalue weighted by atomic mass is 16.5. The van der Waals surface area contributed by atoms with Crippen molar-refractivity contribution in [3.8, 4) is 0 Å². The summed E-state index contributed by atoms with van der Waals surface area (Å²) in [4.78, 5) is 4.41. The van der Waals surface area contributed by atoms with Crippen molar-refractivity contribution < 1.29 is 9.15 Å². The highest BCUT2D eigenvalue weighted by molar-refractivity contribution is 5.73. The zero-order valence-corrected chi connectivity index (χ0v) is 9.56. The van der Waals surface area contributed by atoms with Crippen LogP contribution in [0.1, 0.15) is 11.5 Å². The summed E-state index contributed by atoms with van der Waals surface area (Å²) in [6, 6.07) is 5.95. The minimum atomic E-state index is -0.0332. The molecule has 0 aliphatic heterocycles. The van der Waals surface area contributed by atoms with Gasteiger partial charge in [0.05, 0.1) is 12.5 Å². The molecule has 0 aliphatic rings. The Morgan fingerprint density at radius 1 is 1.50 bits per heavy atom. The number of rotatable bonds is 4. The van der Waals surface area contributed by atoms with Gasteiger partial charge in [-0.05, 0) is 24.6 Å². The van der Waals surface area contributed by atoms with Crippen molar-refractivity contribution >= 4 is 11.1 Å². The van der Waals surface area contributed by atoms with Gasteiger partial charge in [-0.25, -0.2) is 4.98 Å². The molecule has 0 saturated heterocycles. The van der Waals surface area contributed by atoms with Crippen LogP contribution in [0.25, 0.3) is 11.1 Å². The normalized spacial score (nSPS) is 13.2. The summed E-state index contributed by atoms with van der Waals surface area (Å²) in [7, 11) is 1.64. The molecule has 0 aliphatic carbocycles. The maximum atomic E-state index is 5.61. The smallest absolute Gasteiger partial charge is 0.198 e.